The maximum atomic E-state index is 11.9. The van der Waals surface area contributed by atoms with Gasteiger partial charge in [-0.1, -0.05) is 51.4 Å². The minimum Gasteiger partial charge on any atom is -0.386 e. The van der Waals surface area contributed by atoms with Crippen molar-refractivity contribution in [1.82, 2.24) is 0 Å². The molecule has 0 aromatic heterocycles. The molecule has 0 aliphatic carbocycles. The summed E-state index contributed by atoms with van der Waals surface area (Å²) in [5.41, 5.74) is 1.02. The van der Waals surface area contributed by atoms with Gasteiger partial charge in [-0.25, -0.2) is 8.42 Å². The molecule has 0 atom stereocenters. The van der Waals surface area contributed by atoms with Crippen molar-refractivity contribution in [3.05, 3.63) is 58.6 Å². The summed E-state index contributed by atoms with van der Waals surface area (Å²) in [6.07, 6.45) is 2.55. The van der Waals surface area contributed by atoms with Crippen LogP contribution in [0.3, 0.4) is 0 Å². The number of para-hydroxylation sites is 1. The molecule has 24 heavy (non-hydrogen) atoms. The van der Waals surface area contributed by atoms with Crippen LogP contribution in [0.1, 0.15) is 5.56 Å². The number of rotatable bonds is 6. The Bertz CT molecular complexity index is 866. The van der Waals surface area contributed by atoms with Crippen LogP contribution in [-0.2, 0) is 19.5 Å². The molecule has 0 radical (unpaired) electrons. The molecular formula is C16H15BrN2O4S. The second kappa shape index (κ2) is 8.07. The quantitative estimate of drug-likeness (QED) is 0.585. The van der Waals surface area contributed by atoms with Gasteiger partial charge in [-0.05, 0) is 18.2 Å². The number of halogens is 1. The number of benzene rings is 2. The first kappa shape index (κ1) is 18.2. The zero-order valence-corrected chi connectivity index (χ0v) is 15.2. The molecule has 2 aromatic rings. The summed E-state index contributed by atoms with van der Waals surface area (Å²) in [6, 6.07) is 13.6. The monoisotopic (exact) mass is 410 g/mol. The zero-order valence-electron chi connectivity index (χ0n) is 12.8. The Morgan fingerprint density at radius 1 is 1.21 bits per heavy atom. The fourth-order valence-electron chi connectivity index (χ4n) is 1.85. The second-order valence-electron chi connectivity index (χ2n) is 4.85. The average Bonchev–Trinajstić information content (AvgIpc) is 2.52. The minimum atomic E-state index is -3.44. The Kier molecular flexibility index (Phi) is 6.10. The lowest BCUT2D eigenvalue weighted by atomic mass is 10.2. The van der Waals surface area contributed by atoms with Crippen LogP contribution >= 0.6 is 15.9 Å². The number of carbonyl (C=O) groups excluding carboxylic acids is 1. The number of oxime groups is 1. The molecule has 2 rings (SSSR count). The smallest absolute Gasteiger partial charge is 0.265 e. The van der Waals surface area contributed by atoms with E-state index in [4.69, 9.17) is 4.84 Å². The van der Waals surface area contributed by atoms with Crippen molar-refractivity contribution < 1.29 is 18.0 Å². The molecule has 1 N–H and O–H groups in total. The van der Waals surface area contributed by atoms with E-state index in [2.05, 4.69) is 26.4 Å². The number of anilines is 1. The molecule has 0 saturated heterocycles. The van der Waals surface area contributed by atoms with Crippen molar-refractivity contribution in [3.8, 4) is 0 Å². The largest absolute Gasteiger partial charge is 0.386 e. The molecule has 0 unspecified atom stereocenters. The van der Waals surface area contributed by atoms with E-state index in [-0.39, 0.29) is 17.2 Å². The number of hydrogen-bond donors (Lipinski definition) is 1. The zero-order chi connectivity index (χ0) is 17.6. The van der Waals surface area contributed by atoms with E-state index in [1.807, 2.05) is 24.3 Å². The lowest BCUT2D eigenvalue weighted by Crippen LogP contribution is -2.18. The van der Waals surface area contributed by atoms with Crippen molar-refractivity contribution in [3.63, 3.8) is 0 Å². The van der Waals surface area contributed by atoms with Gasteiger partial charge >= 0.3 is 0 Å². The molecule has 126 valence electrons. The second-order valence-corrected chi connectivity index (χ2v) is 7.68. The summed E-state index contributed by atoms with van der Waals surface area (Å²) in [5, 5.41) is 6.22. The summed E-state index contributed by atoms with van der Waals surface area (Å²) >= 11 is 3.37. The van der Waals surface area contributed by atoms with Gasteiger partial charge in [0, 0.05) is 16.3 Å². The fraction of sp³-hybridized carbons (Fsp3) is 0.125. The molecule has 8 heteroatoms. The van der Waals surface area contributed by atoms with E-state index in [0.29, 0.717) is 0 Å². The maximum absolute atomic E-state index is 11.9. The Balaban J connectivity index is 1.94. The SMILES string of the molecule is CS(=O)(=O)c1ccccc1NC(=O)CO/N=C\c1ccccc1Br. The highest BCUT2D eigenvalue weighted by molar-refractivity contribution is 9.10. The fourth-order valence-corrected chi connectivity index (χ4v) is 3.08. The first-order valence-electron chi connectivity index (χ1n) is 6.87. The molecule has 0 heterocycles. The van der Waals surface area contributed by atoms with E-state index >= 15 is 0 Å². The first-order chi connectivity index (χ1) is 11.4. The van der Waals surface area contributed by atoms with Crippen molar-refractivity contribution >= 4 is 43.6 Å². The van der Waals surface area contributed by atoms with Gasteiger partial charge in [0.25, 0.3) is 5.91 Å². The summed E-state index contributed by atoms with van der Waals surface area (Å²) in [6.45, 7) is -0.334. The number of carbonyl (C=O) groups is 1. The maximum Gasteiger partial charge on any atom is 0.265 e. The van der Waals surface area contributed by atoms with Gasteiger partial charge in [0.1, 0.15) is 0 Å². The predicted molar refractivity (Wildman–Crippen MR) is 95.9 cm³/mol. The highest BCUT2D eigenvalue weighted by Crippen LogP contribution is 2.20. The van der Waals surface area contributed by atoms with Crippen LogP contribution in [0.5, 0.6) is 0 Å². The Labute approximate surface area is 148 Å². The number of amides is 1. The van der Waals surface area contributed by atoms with Gasteiger partial charge in [0.2, 0.25) is 0 Å². The van der Waals surface area contributed by atoms with Gasteiger partial charge in [-0.3, -0.25) is 4.79 Å². The normalized spacial score (nSPS) is 11.4. The predicted octanol–water partition coefficient (Wildman–Crippen LogP) is 2.84. The van der Waals surface area contributed by atoms with E-state index < -0.39 is 15.7 Å². The number of nitrogens with one attached hydrogen (secondary N) is 1. The summed E-state index contributed by atoms with van der Waals surface area (Å²) < 4.78 is 24.2. The molecular weight excluding hydrogens is 396 g/mol. The molecule has 1 amide bonds. The van der Waals surface area contributed by atoms with E-state index in [0.717, 1.165) is 16.3 Å². The van der Waals surface area contributed by atoms with E-state index in [1.165, 1.54) is 18.3 Å². The molecule has 0 aliphatic heterocycles. The topological polar surface area (TPSA) is 84.8 Å². The van der Waals surface area contributed by atoms with Crippen LogP contribution in [0.15, 0.2) is 63.1 Å². The molecule has 0 saturated carbocycles. The van der Waals surface area contributed by atoms with E-state index in [1.54, 1.807) is 12.1 Å². The molecule has 2 aromatic carbocycles. The number of sulfone groups is 1. The third-order valence-corrected chi connectivity index (χ3v) is 4.80. The van der Waals surface area contributed by atoms with Gasteiger partial charge in [-0.2, -0.15) is 0 Å². The van der Waals surface area contributed by atoms with Gasteiger partial charge in [-0.15, -0.1) is 0 Å². The molecule has 0 fully saturated rings. The van der Waals surface area contributed by atoms with Gasteiger partial charge in [0.05, 0.1) is 16.8 Å². The molecule has 0 bridgehead atoms. The van der Waals surface area contributed by atoms with E-state index in [9.17, 15) is 13.2 Å². The Morgan fingerprint density at radius 2 is 1.88 bits per heavy atom. The standard InChI is InChI=1S/C16H15BrN2O4S/c1-24(21,22)15-9-5-4-8-14(15)19-16(20)11-23-18-10-12-6-2-3-7-13(12)17/h2-10H,11H2,1H3,(H,19,20)/b18-10-. The third-order valence-electron chi connectivity index (χ3n) is 2.93. The van der Waals surface area contributed by atoms with Crippen LogP contribution in [0.2, 0.25) is 0 Å². The highest BCUT2D eigenvalue weighted by Gasteiger charge is 2.14. The first-order valence-corrected chi connectivity index (χ1v) is 9.55. The molecule has 0 spiro atoms. The lowest BCUT2D eigenvalue weighted by Gasteiger charge is -2.08. The summed E-state index contributed by atoms with van der Waals surface area (Å²) in [5.74, 6) is -0.504. The van der Waals surface area contributed by atoms with Crippen LogP contribution in [0, 0.1) is 0 Å². The van der Waals surface area contributed by atoms with Crippen LogP contribution < -0.4 is 5.32 Å². The molecule has 0 aliphatic rings. The average molecular weight is 411 g/mol. The third kappa shape index (κ3) is 5.17. The van der Waals surface area contributed by atoms with Crippen molar-refractivity contribution in [1.29, 1.82) is 0 Å². The van der Waals surface area contributed by atoms with Crippen molar-refractivity contribution in [2.75, 3.05) is 18.2 Å². The van der Waals surface area contributed by atoms with Crippen LogP contribution in [0.4, 0.5) is 5.69 Å². The van der Waals surface area contributed by atoms with Crippen LogP contribution in [-0.4, -0.2) is 33.4 Å². The Morgan fingerprint density at radius 3 is 2.58 bits per heavy atom. The lowest BCUT2D eigenvalue weighted by molar-refractivity contribution is -0.120. The highest BCUT2D eigenvalue weighted by atomic mass is 79.9. The Hall–Kier alpha value is -2.19. The van der Waals surface area contributed by atoms with Crippen LogP contribution in [0.25, 0.3) is 0 Å². The molecule has 6 nitrogen and oxygen atoms in total. The minimum absolute atomic E-state index is 0.0510. The number of hydrogen-bond acceptors (Lipinski definition) is 5. The van der Waals surface area contributed by atoms with Gasteiger partial charge < -0.3 is 10.2 Å². The number of nitrogens with zero attached hydrogens (tertiary/aromatic N) is 1. The van der Waals surface area contributed by atoms with Crippen molar-refractivity contribution in [2.24, 2.45) is 5.16 Å². The van der Waals surface area contributed by atoms with Gasteiger partial charge in [0.15, 0.2) is 16.4 Å². The summed E-state index contributed by atoms with van der Waals surface area (Å²) in [7, 11) is -3.44. The van der Waals surface area contributed by atoms with Crippen molar-refractivity contribution in [2.45, 2.75) is 4.90 Å². The summed E-state index contributed by atoms with van der Waals surface area (Å²) in [4.78, 5) is 16.8.